The minimum atomic E-state index is -0.728. The number of ether oxygens (including phenoxy) is 1. The van der Waals surface area contributed by atoms with Gasteiger partial charge in [0.1, 0.15) is 34.2 Å². The molecule has 10 N–H and O–H groups in total. The van der Waals surface area contributed by atoms with E-state index in [1.165, 1.54) is 6.07 Å². The Morgan fingerprint density at radius 3 is 2.00 bits per heavy atom. The number of rotatable bonds is 4. The average Bonchev–Trinajstić information content (AvgIpc) is 2.99. The Hall–Kier alpha value is -3.17. The highest BCUT2D eigenvalue weighted by Crippen LogP contribution is 2.46. The molecule has 0 spiro atoms. The molecule has 2 heterocycles. The van der Waals surface area contributed by atoms with Gasteiger partial charge in [-0.05, 0) is 50.5 Å². The van der Waals surface area contributed by atoms with Crippen LogP contribution in [0.3, 0.4) is 0 Å². The predicted octanol–water partition coefficient (Wildman–Crippen LogP) is 2.30. The molecule has 13 heteroatoms. The second-order valence-corrected chi connectivity index (χ2v) is 11.2. The van der Waals surface area contributed by atoms with Crippen LogP contribution in [0.2, 0.25) is 0 Å². The van der Waals surface area contributed by atoms with Crippen LogP contribution in [0, 0.1) is 5.92 Å². The quantitative estimate of drug-likeness (QED) is 0.146. The Labute approximate surface area is 261 Å². The Kier molecular flexibility index (Phi) is 14.8. The van der Waals surface area contributed by atoms with Gasteiger partial charge < -0.3 is 60.2 Å². The maximum atomic E-state index is 12.9. The molecule has 254 valence electrons. The van der Waals surface area contributed by atoms with Gasteiger partial charge in [0.15, 0.2) is 11.5 Å². The molecule has 0 amide bonds. The fourth-order valence-electron chi connectivity index (χ4n) is 5.23. The van der Waals surface area contributed by atoms with E-state index in [0.29, 0.717) is 19.3 Å². The van der Waals surface area contributed by atoms with Gasteiger partial charge in [0, 0.05) is 30.7 Å². The van der Waals surface area contributed by atoms with Crippen LogP contribution in [-0.4, -0.2) is 101 Å². The highest BCUT2D eigenvalue weighted by Gasteiger charge is 2.33. The van der Waals surface area contributed by atoms with Gasteiger partial charge in [0.2, 0.25) is 5.43 Å². The number of hydrogen-bond acceptors (Lipinski definition) is 13. The maximum absolute atomic E-state index is 12.9. The highest BCUT2D eigenvalue weighted by molar-refractivity contribution is 5.96. The van der Waals surface area contributed by atoms with Gasteiger partial charge >= 0.3 is 0 Å². The van der Waals surface area contributed by atoms with Crippen molar-refractivity contribution in [1.82, 2.24) is 0 Å². The smallest absolute Gasteiger partial charge is 0.204 e. The number of aromatic hydroxyl groups is 4. The molecule has 1 aromatic heterocycles. The van der Waals surface area contributed by atoms with Crippen molar-refractivity contribution in [2.75, 3.05) is 19.8 Å². The van der Waals surface area contributed by atoms with Gasteiger partial charge in [0.25, 0.3) is 0 Å². The van der Waals surface area contributed by atoms with Crippen LogP contribution >= 0.6 is 0 Å². The predicted molar refractivity (Wildman–Crippen MR) is 167 cm³/mol. The molecule has 5 rings (SSSR count). The molecule has 1 saturated heterocycles. The molecule has 13 nitrogen and oxygen atoms in total. The van der Waals surface area contributed by atoms with Crippen LogP contribution < -0.4 is 5.43 Å². The first-order valence-electron chi connectivity index (χ1n) is 15.2. The largest absolute Gasteiger partial charge is 0.507 e. The number of aliphatic hydroxyl groups is 6. The first-order chi connectivity index (χ1) is 21.3. The highest BCUT2D eigenvalue weighted by atomic mass is 16.5. The van der Waals surface area contributed by atoms with E-state index in [-0.39, 0.29) is 71.5 Å². The molecule has 7 atom stereocenters. The lowest BCUT2D eigenvalue weighted by Gasteiger charge is -2.32. The van der Waals surface area contributed by atoms with E-state index in [4.69, 9.17) is 29.6 Å². The number of aliphatic hydroxyl groups excluding tert-OH is 6. The van der Waals surface area contributed by atoms with Crippen LogP contribution in [0.1, 0.15) is 71.3 Å². The zero-order chi connectivity index (χ0) is 34.0. The molecule has 0 radical (unpaired) electrons. The monoisotopic (exact) mass is 640 g/mol. The van der Waals surface area contributed by atoms with Crippen molar-refractivity contribution in [2.45, 2.75) is 96.2 Å². The van der Waals surface area contributed by atoms with Crippen LogP contribution in [0.15, 0.2) is 27.4 Å². The topological polar surface area (TPSA) is 242 Å². The number of benzene rings is 2. The molecule has 45 heavy (non-hydrogen) atoms. The summed E-state index contributed by atoms with van der Waals surface area (Å²) < 4.78 is 10.5. The lowest BCUT2D eigenvalue weighted by atomic mass is 9.76. The normalized spacial score (nSPS) is 25.2. The van der Waals surface area contributed by atoms with Crippen LogP contribution in [-0.2, 0) is 4.74 Å². The van der Waals surface area contributed by atoms with Gasteiger partial charge in [-0.1, -0.05) is 20.8 Å². The van der Waals surface area contributed by atoms with Gasteiger partial charge in [-0.3, -0.25) is 4.79 Å². The van der Waals surface area contributed by atoms with Crippen LogP contribution in [0.5, 0.6) is 23.0 Å². The van der Waals surface area contributed by atoms with Crippen molar-refractivity contribution in [2.24, 2.45) is 5.92 Å². The molecule has 2 fully saturated rings. The Balaban J connectivity index is 0.000000342. The Morgan fingerprint density at radius 1 is 0.844 bits per heavy atom. The molecule has 2 aromatic carbocycles. The molecule has 3 aromatic rings. The van der Waals surface area contributed by atoms with Crippen molar-refractivity contribution in [3.05, 3.63) is 34.0 Å². The zero-order valence-corrected chi connectivity index (χ0v) is 26.1. The summed E-state index contributed by atoms with van der Waals surface area (Å²) in [7, 11) is 0. The third-order valence-electron chi connectivity index (χ3n) is 7.71. The standard InChI is InChI=1S/C20H20O8.C6H12O4.C4H10O.C2H6/c21-7-8-1-9(3-10(22)2-8)17-14(25)6-16-18(20(17)27)19(26)11-4-12(23)13(24)5-15(11)28-16;7-2-6-5(9)1-4(8)3-10-6;1-3-4(2)5;1-2/h4-6,8-10,21-25,27H,1-3,7H2;4-9H,1-3H2;4-5H,3H2,1-2H3;1-2H3/t;4?,5?,6-;;/m.1../s1. The van der Waals surface area contributed by atoms with E-state index in [2.05, 4.69) is 0 Å². The van der Waals surface area contributed by atoms with E-state index in [0.717, 1.165) is 18.6 Å². The average molecular weight is 641 g/mol. The molecule has 2 aliphatic rings. The molecular weight excluding hydrogens is 592 g/mol. The fraction of sp³-hybridized carbons (Fsp3) is 0.594. The van der Waals surface area contributed by atoms with E-state index in [1.54, 1.807) is 6.92 Å². The SMILES string of the molecule is CC.CCC(C)O.O=c1c2cc(O)c(O)cc2oc2cc(O)c(C3CC(O)CC(CO)C3)c(O)c12.OC[C@H]1OCC(O)CC1O. The number of fused-ring (bicyclic) bond motifs is 2. The minimum Gasteiger partial charge on any atom is -0.507 e. The summed E-state index contributed by atoms with van der Waals surface area (Å²) in [4.78, 5) is 12.9. The lowest BCUT2D eigenvalue weighted by Crippen LogP contribution is -2.42. The summed E-state index contributed by atoms with van der Waals surface area (Å²) >= 11 is 0. The summed E-state index contributed by atoms with van der Waals surface area (Å²) in [6.45, 7) is 7.62. The molecule has 1 saturated carbocycles. The molecule has 1 aliphatic heterocycles. The summed E-state index contributed by atoms with van der Waals surface area (Å²) in [5.74, 6) is -2.34. The molecule has 1 aliphatic carbocycles. The number of hydrogen-bond donors (Lipinski definition) is 10. The molecule has 6 unspecified atom stereocenters. The summed E-state index contributed by atoms with van der Waals surface area (Å²) in [6.07, 6.45) is -0.337. The van der Waals surface area contributed by atoms with Gasteiger partial charge in [-0.2, -0.15) is 0 Å². The summed E-state index contributed by atoms with van der Waals surface area (Å²) in [5.41, 5.74) is -0.580. The second-order valence-electron chi connectivity index (χ2n) is 11.2. The fourth-order valence-corrected chi connectivity index (χ4v) is 5.23. The lowest BCUT2D eigenvalue weighted by molar-refractivity contribution is -0.136. The van der Waals surface area contributed by atoms with Crippen LogP contribution in [0.4, 0.5) is 0 Å². The van der Waals surface area contributed by atoms with E-state index in [1.807, 2.05) is 20.8 Å². The van der Waals surface area contributed by atoms with Crippen molar-refractivity contribution >= 4 is 21.9 Å². The van der Waals surface area contributed by atoms with Crippen LogP contribution in [0.25, 0.3) is 21.9 Å². The van der Waals surface area contributed by atoms with E-state index < -0.39 is 53.0 Å². The van der Waals surface area contributed by atoms with Crippen molar-refractivity contribution in [1.29, 1.82) is 0 Å². The summed E-state index contributed by atoms with van der Waals surface area (Å²) in [5, 5.41) is 94.9. The minimum absolute atomic E-state index is 0.00668. The third-order valence-corrected chi connectivity index (χ3v) is 7.71. The first-order valence-corrected chi connectivity index (χ1v) is 15.2. The third kappa shape index (κ3) is 9.66. The number of phenolic OH excluding ortho intramolecular Hbond substituents is 4. The van der Waals surface area contributed by atoms with Gasteiger partial charge in [0.05, 0.1) is 43.0 Å². The van der Waals surface area contributed by atoms with E-state index >= 15 is 0 Å². The maximum Gasteiger partial charge on any atom is 0.204 e. The Bertz CT molecular complexity index is 1420. The molecule has 0 bridgehead atoms. The Morgan fingerprint density at radius 2 is 1.44 bits per heavy atom. The second kappa shape index (κ2) is 17.5. The van der Waals surface area contributed by atoms with Crippen molar-refractivity contribution in [3.63, 3.8) is 0 Å². The number of phenols is 4. The zero-order valence-electron chi connectivity index (χ0n) is 26.1. The van der Waals surface area contributed by atoms with Gasteiger partial charge in [-0.15, -0.1) is 0 Å². The summed E-state index contributed by atoms with van der Waals surface area (Å²) in [6, 6.07) is 3.34. The van der Waals surface area contributed by atoms with E-state index in [9.17, 15) is 35.4 Å². The van der Waals surface area contributed by atoms with Crippen molar-refractivity contribution in [3.8, 4) is 23.0 Å². The molecular formula is C32H48O13. The van der Waals surface area contributed by atoms with Gasteiger partial charge in [-0.25, -0.2) is 0 Å². The first kappa shape index (κ1) is 38.0. The van der Waals surface area contributed by atoms with Crippen molar-refractivity contribution < 1.29 is 60.2 Å².